The van der Waals surface area contributed by atoms with Gasteiger partial charge in [-0.3, -0.25) is 0 Å². The van der Waals surface area contributed by atoms with E-state index in [1.165, 1.54) is 37.7 Å². The summed E-state index contributed by atoms with van der Waals surface area (Å²) in [5.41, 5.74) is 0.764. The van der Waals surface area contributed by atoms with Crippen LogP contribution in [-0.2, 0) is 19.9 Å². The fourth-order valence-corrected chi connectivity index (χ4v) is 4.80. The van der Waals surface area contributed by atoms with E-state index < -0.39 is 25.0 Å². The molecule has 0 aliphatic rings. The Labute approximate surface area is 173 Å². The van der Waals surface area contributed by atoms with Gasteiger partial charge in [-0.2, -0.15) is 4.98 Å². The number of rotatable bonds is 5. The zero-order chi connectivity index (χ0) is 21.5. The topological polar surface area (TPSA) is 121 Å². The maximum atomic E-state index is 13.2. The van der Waals surface area contributed by atoms with Crippen molar-refractivity contribution in [3.8, 4) is 17.1 Å². The van der Waals surface area contributed by atoms with E-state index in [1.54, 1.807) is 30.3 Å². The van der Waals surface area contributed by atoms with Crippen molar-refractivity contribution >= 4 is 30.9 Å². The normalized spacial score (nSPS) is 12.2. The Morgan fingerprint density at radius 2 is 1.70 bits per heavy atom. The van der Waals surface area contributed by atoms with Crippen molar-refractivity contribution in [2.75, 3.05) is 13.4 Å². The van der Waals surface area contributed by atoms with Crippen molar-refractivity contribution < 1.29 is 21.6 Å². The summed E-state index contributed by atoms with van der Waals surface area (Å²) in [5, 5.41) is 0.0600. The predicted octanol–water partition coefficient (Wildman–Crippen LogP) is 2.14. The zero-order valence-corrected chi connectivity index (χ0v) is 17.6. The lowest BCUT2D eigenvalue weighted by Crippen LogP contribution is -2.12. The predicted molar refractivity (Wildman–Crippen MR) is 109 cm³/mol. The minimum atomic E-state index is -3.95. The van der Waals surface area contributed by atoms with Crippen LogP contribution in [0.5, 0.6) is 5.88 Å². The van der Waals surface area contributed by atoms with E-state index in [4.69, 9.17) is 4.74 Å². The van der Waals surface area contributed by atoms with E-state index in [1.807, 2.05) is 0 Å². The number of methoxy groups -OCH3 is 1. The smallest absolute Gasteiger partial charge is 0.269 e. The molecule has 0 fully saturated rings. The van der Waals surface area contributed by atoms with Crippen LogP contribution >= 0.6 is 0 Å². The van der Waals surface area contributed by atoms with Gasteiger partial charge in [0.15, 0.2) is 5.65 Å². The maximum Gasteiger partial charge on any atom is 0.269 e. The first-order chi connectivity index (χ1) is 14.2. The van der Waals surface area contributed by atoms with Gasteiger partial charge in [0.05, 0.1) is 17.7 Å². The molecule has 0 amide bonds. The average molecular weight is 444 g/mol. The van der Waals surface area contributed by atoms with Gasteiger partial charge < -0.3 is 4.74 Å². The molecule has 4 rings (SSSR count). The summed E-state index contributed by atoms with van der Waals surface area (Å²) >= 11 is 0. The van der Waals surface area contributed by atoms with Crippen LogP contribution in [0, 0.1) is 0 Å². The van der Waals surface area contributed by atoms with Gasteiger partial charge in [0, 0.05) is 35.7 Å². The molecular formula is C19H16N4O5S2. The molecule has 0 spiro atoms. The lowest BCUT2D eigenvalue weighted by Gasteiger charge is -2.06. The fraction of sp³-hybridized carbons (Fsp3) is 0.105. The zero-order valence-electron chi connectivity index (χ0n) is 15.9. The molecule has 1 aromatic carbocycles. The van der Waals surface area contributed by atoms with E-state index in [9.17, 15) is 16.8 Å². The van der Waals surface area contributed by atoms with Crippen LogP contribution in [0.2, 0.25) is 0 Å². The highest BCUT2D eigenvalue weighted by atomic mass is 32.2. The quantitative estimate of drug-likeness (QED) is 0.429. The van der Waals surface area contributed by atoms with Crippen LogP contribution in [0.15, 0.2) is 71.0 Å². The van der Waals surface area contributed by atoms with Crippen LogP contribution < -0.4 is 4.74 Å². The highest BCUT2D eigenvalue weighted by Gasteiger charge is 2.24. The first-order valence-electron chi connectivity index (χ1n) is 8.62. The van der Waals surface area contributed by atoms with Gasteiger partial charge in [-0.25, -0.2) is 30.8 Å². The summed E-state index contributed by atoms with van der Waals surface area (Å²) in [6.45, 7) is 0. The number of aromatic nitrogens is 4. The third-order valence-corrected chi connectivity index (χ3v) is 6.84. The molecule has 0 unspecified atom stereocenters. The minimum absolute atomic E-state index is 0.0381. The van der Waals surface area contributed by atoms with Gasteiger partial charge in [-0.1, -0.05) is 18.2 Å². The van der Waals surface area contributed by atoms with Gasteiger partial charge in [-0.15, -0.1) is 0 Å². The second-order valence-electron chi connectivity index (χ2n) is 6.38. The number of nitrogens with zero attached hydrogens (tertiary/aromatic N) is 4. The molecule has 0 N–H and O–H groups in total. The molecule has 11 heteroatoms. The Morgan fingerprint density at radius 3 is 2.37 bits per heavy atom. The first kappa shape index (κ1) is 20.0. The minimum Gasteiger partial charge on any atom is -0.481 e. The number of hydrogen-bond donors (Lipinski definition) is 0. The molecule has 0 radical (unpaired) electrons. The lowest BCUT2D eigenvalue weighted by molar-refractivity contribution is 0.391. The number of hydrogen-bond acceptors (Lipinski definition) is 8. The summed E-state index contributed by atoms with van der Waals surface area (Å²) < 4.78 is 56.6. The van der Waals surface area contributed by atoms with Crippen molar-refractivity contribution in [1.82, 2.24) is 18.9 Å². The summed E-state index contributed by atoms with van der Waals surface area (Å²) in [4.78, 5) is 12.3. The third-order valence-electron chi connectivity index (χ3n) is 4.33. The van der Waals surface area contributed by atoms with Crippen molar-refractivity contribution in [3.63, 3.8) is 0 Å². The summed E-state index contributed by atoms with van der Waals surface area (Å²) in [6, 6.07) is 12.7. The summed E-state index contributed by atoms with van der Waals surface area (Å²) in [7, 11) is -6.32. The second kappa shape index (κ2) is 7.18. The number of sulfone groups is 1. The Bertz CT molecular complexity index is 1460. The van der Waals surface area contributed by atoms with E-state index >= 15 is 0 Å². The molecule has 3 aromatic heterocycles. The highest BCUT2D eigenvalue weighted by Crippen LogP contribution is 2.32. The lowest BCUT2D eigenvalue weighted by atomic mass is 10.1. The van der Waals surface area contributed by atoms with Gasteiger partial charge >= 0.3 is 0 Å². The van der Waals surface area contributed by atoms with E-state index in [0.717, 1.165) is 10.2 Å². The SMILES string of the molecule is COc1cc(-c2cn(S(=O)(=O)c3ccccc3)c3ncccc23)nc(S(C)(=O)=O)n1. The Balaban J connectivity index is 2.02. The van der Waals surface area contributed by atoms with Gasteiger partial charge in [-0.05, 0) is 24.3 Å². The largest absolute Gasteiger partial charge is 0.481 e. The number of fused-ring (bicyclic) bond motifs is 1. The Hall–Kier alpha value is -3.31. The van der Waals surface area contributed by atoms with Crippen molar-refractivity contribution in [2.45, 2.75) is 10.1 Å². The van der Waals surface area contributed by atoms with Crippen LogP contribution in [0.25, 0.3) is 22.3 Å². The molecule has 0 saturated carbocycles. The Kier molecular flexibility index (Phi) is 4.79. The van der Waals surface area contributed by atoms with E-state index in [0.29, 0.717) is 10.9 Å². The number of pyridine rings is 1. The summed E-state index contributed by atoms with van der Waals surface area (Å²) in [5.74, 6) is 0.0381. The van der Waals surface area contributed by atoms with Gasteiger partial charge in [0.25, 0.3) is 15.2 Å². The molecule has 0 bridgehead atoms. The Morgan fingerprint density at radius 1 is 0.967 bits per heavy atom. The monoisotopic (exact) mass is 444 g/mol. The van der Waals surface area contributed by atoms with Crippen molar-refractivity contribution in [1.29, 1.82) is 0 Å². The first-order valence-corrected chi connectivity index (χ1v) is 11.9. The second-order valence-corrected chi connectivity index (χ2v) is 10.1. The molecule has 0 aliphatic heterocycles. The van der Waals surface area contributed by atoms with Crippen molar-refractivity contribution in [3.05, 3.63) is 60.9 Å². The standard InChI is InChI=1S/C19H16N4O5S2/c1-28-17-11-16(21-19(22-17)29(2,24)25)15-12-23(18-14(15)9-6-10-20-18)30(26,27)13-7-4-3-5-8-13/h3-12H,1-2H3. The fourth-order valence-electron chi connectivity index (χ4n) is 2.94. The average Bonchev–Trinajstić information content (AvgIpc) is 3.14. The molecule has 9 nitrogen and oxygen atoms in total. The van der Waals surface area contributed by atoms with E-state index in [-0.39, 0.29) is 22.1 Å². The number of benzene rings is 1. The van der Waals surface area contributed by atoms with Crippen LogP contribution in [-0.4, -0.2) is 49.1 Å². The molecule has 0 aliphatic carbocycles. The van der Waals surface area contributed by atoms with Crippen LogP contribution in [0.1, 0.15) is 0 Å². The maximum absolute atomic E-state index is 13.2. The van der Waals surface area contributed by atoms with Crippen LogP contribution in [0.3, 0.4) is 0 Å². The molecule has 0 saturated heterocycles. The molecular weight excluding hydrogens is 428 g/mol. The molecule has 30 heavy (non-hydrogen) atoms. The molecule has 3 heterocycles. The number of ether oxygens (including phenoxy) is 1. The molecule has 154 valence electrons. The van der Waals surface area contributed by atoms with Gasteiger partial charge in [0.2, 0.25) is 15.7 Å². The summed E-state index contributed by atoms with van der Waals surface area (Å²) in [6.07, 6.45) is 3.83. The molecule has 4 aromatic rings. The van der Waals surface area contributed by atoms with Crippen molar-refractivity contribution in [2.24, 2.45) is 0 Å². The highest BCUT2D eigenvalue weighted by molar-refractivity contribution is 7.90. The van der Waals surface area contributed by atoms with Gasteiger partial charge in [0.1, 0.15) is 0 Å². The van der Waals surface area contributed by atoms with E-state index in [2.05, 4.69) is 15.0 Å². The third kappa shape index (κ3) is 3.42. The van der Waals surface area contributed by atoms with Crippen LogP contribution in [0.4, 0.5) is 0 Å². The molecule has 0 atom stereocenters.